The van der Waals surface area contributed by atoms with Gasteiger partial charge in [-0.25, -0.2) is 4.57 Å². The maximum absolute atomic E-state index is 11.9. The van der Waals surface area contributed by atoms with Crippen molar-refractivity contribution >= 4 is 7.75 Å². The van der Waals surface area contributed by atoms with Crippen LogP contribution in [0.3, 0.4) is 0 Å². The summed E-state index contributed by atoms with van der Waals surface area (Å²) >= 11 is 0. The third kappa shape index (κ3) is 4.20. The van der Waals surface area contributed by atoms with Crippen LogP contribution in [0.15, 0.2) is 0 Å². The summed E-state index contributed by atoms with van der Waals surface area (Å²) in [6, 6.07) is 0. The highest BCUT2D eigenvalue weighted by molar-refractivity contribution is 7.51. The van der Waals surface area contributed by atoms with E-state index in [1.807, 2.05) is 0 Å². The van der Waals surface area contributed by atoms with Crippen LogP contribution in [-0.4, -0.2) is 38.8 Å². The van der Waals surface area contributed by atoms with E-state index in [2.05, 4.69) is 0 Å². The molecular weight excluding hydrogens is 193 g/mol. The Morgan fingerprint density at radius 3 is 2.00 bits per heavy atom. The average Bonchev–Trinajstić information content (AvgIpc) is 2.05. The molecule has 0 radical (unpaired) electrons. The third-order valence-electron chi connectivity index (χ3n) is 1.32. The van der Waals surface area contributed by atoms with E-state index in [1.165, 1.54) is 11.8 Å². The predicted octanol–water partition coefficient (Wildman–Crippen LogP) is 1.70. The van der Waals surface area contributed by atoms with E-state index >= 15 is 0 Å². The van der Waals surface area contributed by atoms with Crippen LogP contribution in [0.5, 0.6) is 0 Å². The van der Waals surface area contributed by atoms with E-state index in [-0.39, 0.29) is 6.73 Å². The lowest BCUT2D eigenvalue weighted by Gasteiger charge is -2.25. The standard InChI is InChI=1S/C7H18NO4P/c1-5-11-13(9,12-6-2)8(3)7-10-4/h5-7H2,1-4H3. The monoisotopic (exact) mass is 211 g/mol. The lowest BCUT2D eigenvalue weighted by atomic mass is 10.9. The van der Waals surface area contributed by atoms with E-state index in [4.69, 9.17) is 13.8 Å². The summed E-state index contributed by atoms with van der Waals surface area (Å²) in [6.45, 7) is 4.46. The Labute approximate surface area is 79.5 Å². The summed E-state index contributed by atoms with van der Waals surface area (Å²) in [5.41, 5.74) is 0. The first-order valence-corrected chi connectivity index (χ1v) is 5.70. The second-order valence-electron chi connectivity index (χ2n) is 2.38. The molecule has 80 valence electrons. The van der Waals surface area contributed by atoms with Crippen LogP contribution in [0.25, 0.3) is 0 Å². The molecule has 0 heterocycles. The maximum atomic E-state index is 11.9. The van der Waals surface area contributed by atoms with E-state index in [0.717, 1.165) is 0 Å². The van der Waals surface area contributed by atoms with Crippen LogP contribution in [0.2, 0.25) is 0 Å². The van der Waals surface area contributed by atoms with Crippen molar-refractivity contribution in [3.05, 3.63) is 0 Å². The molecule has 0 unspecified atom stereocenters. The predicted molar refractivity (Wildman–Crippen MR) is 50.5 cm³/mol. The molecule has 0 spiro atoms. The number of methoxy groups -OCH3 is 1. The van der Waals surface area contributed by atoms with Crippen LogP contribution < -0.4 is 0 Å². The Morgan fingerprint density at radius 1 is 1.23 bits per heavy atom. The molecule has 0 fully saturated rings. The lowest BCUT2D eigenvalue weighted by molar-refractivity contribution is 0.0906. The van der Waals surface area contributed by atoms with Gasteiger partial charge in [0.2, 0.25) is 0 Å². The van der Waals surface area contributed by atoms with Gasteiger partial charge in [-0.2, -0.15) is 4.67 Å². The average molecular weight is 211 g/mol. The van der Waals surface area contributed by atoms with Crippen LogP contribution >= 0.6 is 7.75 Å². The van der Waals surface area contributed by atoms with Crippen LogP contribution in [-0.2, 0) is 18.3 Å². The van der Waals surface area contributed by atoms with E-state index in [0.29, 0.717) is 13.2 Å². The van der Waals surface area contributed by atoms with Crippen LogP contribution in [0, 0.1) is 0 Å². The molecular formula is C7H18NO4P. The zero-order chi connectivity index (χ0) is 10.3. The summed E-state index contributed by atoms with van der Waals surface area (Å²) in [4.78, 5) is 0. The SMILES string of the molecule is CCOP(=O)(OCC)N(C)COC. The quantitative estimate of drug-likeness (QED) is 0.474. The van der Waals surface area contributed by atoms with Gasteiger partial charge < -0.3 is 4.74 Å². The van der Waals surface area contributed by atoms with Gasteiger partial charge in [0.05, 0.1) is 13.2 Å². The topological polar surface area (TPSA) is 48.0 Å². The Bertz CT molecular complexity index is 166. The molecule has 13 heavy (non-hydrogen) atoms. The maximum Gasteiger partial charge on any atom is 0.409 e. The molecule has 6 heteroatoms. The molecule has 0 saturated heterocycles. The summed E-state index contributed by atoms with van der Waals surface area (Å²) in [5, 5.41) is 0. The molecule has 0 aromatic heterocycles. The van der Waals surface area contributed by atoms with Crippen molar-refractivity contribution < 1.29 is 18.3 Å². The van der Waals surface area contributed by atoms with Crippen molar-refractivity contribution in [2.75, 3.05) is 34.1 Å². The number of hydrogen-bond acceptors (Lipinski definition) is 4. The van der Waals surface area contributed by atoms with Crippen molar-refractivity contribution in [3.63, 3.8) is 0 Å². The van der Waals surface area contributed by atoms with E-state index in [1.54, 1.807) is 20.9 Å². The highest BCUT2D eigenvalue weighted by atomic mass is 31.2. The fourth-order valence-electron chi connectivity index (χ4n) is 0.818. The summed E-state index contributed by atoms with van der Waals surface area (Å²) in [5.74, 6) is 0. The second-order valence-corrected chi connectivity index (χ2v) is 4.52. The van der Waals surface area contributed by atoms with Crippen molar-refractivity contribution in [1.29, 1.82) is 0 Å². The molecule has 0 N–H and O–H groups in total. The van der Waals surface area contributed by atoms with Gasteiger partial charge in [0.15, 0.2) is 0 Å². The molecule has 0 atom stereocenters. The Kier molecular flexibility index (Phi) is 6.55. The third-order valence-corrected chi connectivity index (χ3v) is 3.44. The van der Waals surface area contributed by atoms with Crippen LogP contribution in [0.4, 0.5) is 0 Å². The number of rotatable bonds is 7. The van der Waals surface area contributed by atoms with Gasteiger partial charge in [-0.3, -0.25) is 9.05 Å². The first-order valence-electron chi connectivity index (χ1n) is 4.20. The Morgan fingerprint density at radius 2 is 1.69 bits per heavy atom. The zero-order valence-electron chi connectivity index (χ0n) is 8.65. The van der Waals surface area contributed by atoms with Gasteiger partial charge in [-0.15, -0.1) is 0 Å². The molecule has 0 aromatic rings. The van der Waals surface area contributed by atoms with Crippen molar-refractivity contribution in [2.45, 2.75) is 13.8 Å². The minimum atomic E-state index is -3.12. The van der Waals surface area contributed by atoms with Gasteiger partial charge in [0.25, 0.3) is 0 Å². The van der Waals surface area contributed by atoms with E-state index in [9.17, 15) is 4.57 Å². The largest absolute Gasteiger partial charge is 0.409 e. The second kappa shape index (κ2) is 6.51. The minimum absolute atomic E-state index is 0.220. The van der Waals surface area contributed by atoms with Gasteiger partial charge in [-0.05, 0) is 20.9 Å². The molecule has 0 saturated carbocycles. The molecule has 0 aliphatic carbocycles. The Balaban J connectivity index is 4.28. The molecule has 0 bridgehead atoms. The first-order chi connectivity index (χ1) is 6.10. The highest BCUT2D eigenvalue weighted by Gasteiger charge is 2.29. The number of nitrogens with zero attached hydrogens (tertiary/aromatic N) is 1. The molecule has 5 nitrogen and oxygen atoms in total. The van der Waals surface area contributed by atoms with E-state index < -0.39 is 7.75 Å². The first kappa shape index (κ1) is 13.1. The molecule has 0 aliphatic rings. The number of ether oxygens (including phenoxy) is 1. The summed E-state index contributed by atoms with van der Waals surface area (Å²) in [6.07, 6.45) is 0. The molecule has 0 rings (SSSR count). The van der Waals surface area contributed by atoms with Gasteiger partial charge in [-0.1, -0.05) is 0 Å². The van der Waals surface area contributed by atoms with Crippen molar-refractivity contribution in [3.8, 4) is 0 Å². The molecule has 0 amide bonds. The fourth-order valence-corrected chi connectivity index (χ4v) is 2.20. The highest BCUT2D eigenvalue weighted by Crippen LogP contribution is 2.50. The van der Waals surface area contributed by atoms with Gasteiger partial charge >= 0.3 is 7.75 Å². The van der Waals surface area contributed by atoms with Crippen molar-refractivity contribution in [2.24, 2.45) is 0 Å². The van der Waals surface area contributed by atoms with Crippen molar-refractivity contribution in [1.82, 2.24) is 4.67 Å². The van der Waals surface area contributed by atoms with Gasteiger partial charge in [0.1, 0.15) is 6.73 Å². The fraction of sp³-hybridized carbons (Fsp3) is 1.00. The number of hydrogen-bond donors (Lipinski definition) is 0. The molecule has 0 aliphatic heterocycles. The lowest BCUT2D eigenvalue weighted by Crippen LogP contribution is -2.20. The molecule has 0 aromatic carbocycles. The summed E-state index contributed by atoms with van der Waals surface area (Å²) in [7, 11) is 0.0425. The van der Waals surface area contributed by atoms with Gasteiger partial charge in [0, 0.05) is 7.11 Å². The normalized spacial score (nSPS) is 12.4. The van der Waals surface area contributed by atoms with Crippen LogP contribution in [0.1, 0.15) is 13.8 Å². The zero-order valence-corrected chi connectivity index (χ0v) is 9.54. The summed E-state index contributed by atoms with van der Waals surface area (Å²) < 4.78 is 28.3. The Hall–Kier alpha value is 0.0700. The minimum Gasteiger partial charge on any atom is -0.369 e. The smallest absolute Gasteiger partial charge is 0.369 e.